The molecule has 1 aliphatic heterocycles. The number of pyridine rings is 1. The molecule has 4 heterocycles. The number of anilines is 2. The normalized spacial score (nSPS) is 16.6. The van der Waals surface area contributed by atoms with Crippen LogP contribution in [-0.4, -0.2) is 43.2 Å². The molecule has 1 saturated heterocycles. The zero-order chi connectivity index (χ0) is 19.7. The molecule has 9 nitrogen and oxygen atoms in total. The minimum Gasteiger partial charge on any atom is -0.358 e. The summed E-state index contributed by atoms with van der Waals surface area (Å²) in [5.74, 6) is 1.09. The van der Waals surface area contributed by atoms with Crippen LogP contribution in [0.5, 0.6) is 0 Å². The summed E-state index contributed by atoms with van der Waals surface area (Å²) in [6, 6.07) is 4.77. The van der Waals surface area contributed by atoms with E-state index in [4.69, 9.17) is 0 Å². The molecule has 9 heteroatoms. The second-order valence-corrected chi connectivity index (χ2v) is 6.72. The Balaban J connectivity index is 1.47. The number of H-pyrrole nitrogens is 1. The van der Waals surface area contributed by atoms with Gasteiger partial charge >= 0.3 is 0 Å². The van der Waals surface area contributed by atoms with Crippen LogP contribution in [0.15, 0.2) is 41.6 Å². The molecule has 1 amide bonds. The summed E-state index contributed by atoms with van der Waals surface area (Å²) in [6.45, 7) is 2.58. The maximum Gasteiger partial charge on any atom is 0.251 e. The zero-order valence-corrected chi connectivity index (χ0v) is 15.7. The lowest BCUT2D eigenvalue weighted by molar-refractivity contribution is -0.117. The fourth-order valence-electron chi connectivity index (χ4n) is 3.24. The van der Waals surface area contributed by atoms with E-state index in [0.29, 0.717) is 36.6 Å². The van der Waals surface area contributed by atoms with Gasteiger partial charge in [0.2, 0.25) is 5.91 Å². The Morgan fingerprint density at radius 1 is 1.29 bits per heavy atom. The summed E-state index contributed by atoms with van der Waals surface area (Å²) in [6.07, 6.45) is 6.52. The monoisotopic (exact) mass is 379 g/mol. The number of carbonyl (C=O) groups excluding carboxylic acids is 1. The SMILES string of the molecule is CCc1cc(=O)[nH]c(-c2ccc(NC3CCN(c4cnn(C)c4)C3=O)nc2)n1. The number of carbonyl (C=O) groups is 1. The maximum atomic E-state index is 12.7. The molecule has 0 radical (unpaired) electrons. The molecule has 3 aromatic rings. The molecule has 1 atom stereocenters. The van der Waals surface area contributed by atoms with Crippen LogP contribution in [0.25, 0.3) is 11.4 Å². The summed E-state index contributed by atoms with van der Waals surface area (Å²) in [5.41, 5.74) is 2.06. The van der Waals surface area contributed by atoms with Crippen LogP contribution in [0.1, 0.15) is 19.0 Å². The molecule has 0 saturated carbocycles. The highest BCUT2D eigenvalue weighted by atomic mass is 16.2. The van der Waals surface area contributed by atoms with Gasteiger partial charge in [-0.2, -0.15) is 5.10 Å². The number of aromatic amines is 1. The third kappa shape index (κ3) is 3.51. The number of nitrogens with one attached hydrogen (secondary N) is 2. The molecule has 4 rings (SSSR count). The third-order valence-electron chi connectivity index (χ3n) is 4.72. The fraction of sp³-hybridized carbons (Fsp3) is 0.316. The van der Waals surface area contributed by atoms with Gasteiger partial charge in [0.05, 0.1) is 11.9 Å². The average Bonchev–Trinajstić information content (AvgIpc) is 3.27. The van der Waals surface area contributed by atoms with Crippen LogP contribution >= 0.6 is 0 Å². The number of hydrogen-bond donors (Lipinski definition) is 2. The number of rotatable bonds is 5. The van der Waals surface area contributed by atoms with Gasteiger partial charge in [0, 0.05) is 43.3 Å². The second-order valence-electron chi connectivity index (χ2n) is 6.72. The third-order valence-corrected chi connectivity index (χ3v) is 4.72. The van der Waals surface area contributed by atoms with Crippen LogP contribution in [0, 0.1) is 0 Å². The minimum atomic E-state index is -0.333. The number of aromatic nitrogens is 5. The molecule has 0 spiro atoms. The van der Waals surface area contributed by atoms with Gasteiger partial charge < -0.3 is 15.2 Å². The topological polar surface area (TPSA) is 109 Å². The quantitative estimate of drug-likeness (QED) is 0.693. The van der Waals surface area contributed by atoms with E-state index in [9.17, 15) is 9.59 Å². The van der Waals surface area contributed by atoms with Crippen LogP contribution in [0.4, 0.5) is 11.5 Å². The molecule has 3 aromatic heterocycles. The van der Waals surface area contributed by atoms with Crippen molar-refractivity contribution in [3.63, 3.8) is 0 Å². The first-order chi connectivity index (χ1) is 13.5. The van der Waals surface area contributed by atoms with Crippen molar-refractivity contribution in [3.05, 3.63) is 52.8 Å². The molecule has 28 heavy (non-hydrogen) atoms. The van der Waals surface area contributed by atoms with Crippen molar-refractivity contribution < 1.29 is 4.79 Å². The lowest BCUT2D eigenvalue weighted by Gasteiger charge is -2.15. The van der Waals surface area contributed by atoms with E-state index < -0.39 is 0 Å². The largest absolute Gasteiger partial charge is 0.358 e. The van der Waals surface area contributed by atoms with Gasteiger partial charge in [-0.25, -0.2) is 9.97 Å². The molecular formula is C19H21N7O2. The van der Waals surface area contributed by atoms with Gasteiger partial charge in [0.1, 0.15) is 17.7 Å². The van der Waals surface area contributed by atoms with Gasteiger partial charge in [0.15, 0.2) is 0 Å². The van der Waals surface area contributed by atoms with E-state index in [1.165, 1.54) is 6.07 Å². The first-order valence-corrected chi connectivity index (χ1v) is 9.16. The predicted octanol–water partition coefficient (Wildman–Crippen LogP) is 1.35. The Morgan fingerprint density at radius 3 is 2.82 bits per heavy atom. The van der Waals surface area contributed by atoms with E-state index in [1.54, 1.807) is 28.0 Å². The summed E-state index contributed by atoms with van der Waals surface area (Å²) in [5, 5.41) is 7.31. The summed E-state index contributed by atoms with van der Waals surface area (Å²) in [4.78, 5) is 37.7. The first-order valence-electron chi connectivity index (χ1n) is 9.16. The van der Waals surface area contributed by atoms with Gasteiger partial charge in [-0.3, -0.25) is 14.3 Å². The number of aryl methyl sites for hydroxylation is 2. The van der Waals surface area contributed by atoms with Gasteiger partial charge in [-0.05, 0) is 25.0 Å². The highest BCUT2D eigenvalue weighted by Crippen LogP contribution is 2.23. The Morgan fingerprint density at radius 2 is 2.14 bits per heavy atom. The predicted molar refractivity (Wildman–Crippen MR) is 105 cm³/mol. The highest BCUT2D eigenvalue weighted by Gasteiger charge is 2.33. The van der Waals surface area contributed by atoms with Crippen LogP contribution in [0.3, 0.4) is 0 Å². The summed E-state index contributed by atoms with van der Waals surface area (Å²) in [7, 11) is 1.82. The Labute approximate surface area is 161 Å². The van der Waals surface area contributed by atoms with Crippen molar-refractivity contribution in [2.75, 3.05) is 16.8 Å². The van der Waals surface area contributed by atoms with Gasteiger partial charge in [0.25, 0.3) is 5.56 Å². The molecule has 2 N–H and O–H groups in total. The molecule has 1 unspecified atom stereocenters. The smallest absolute Gasteiger partial charge is 0.251 e. The molecule has 0 aromatic carbocycles. The van der Waals surface area contributed by atoms with Crippen molar-refractivity contribution in [3.8, 4) is 11.4 Å². The molecule has 1 fully saturated rings. The van der Waals surface area contributed by atoms with Gasteiger partial charge in [-0.1, -0.05) is 6.92 Å². The van der Waals surface area contributed by atoms with Crippen molar-refractivity contribution in [2.45, 2.75) is 25.8 Å². The summed E-state index contributed by atoms with van der Waals surface area (Å²) < 4.78 is 1.68. The van der Waals surface area contributed by atoms with E-state index >= 15 is 0 Å². The van der Waals surface area contributed by atoms with E-state index in [1.807, 2.05) is 26.2 Å². The lowest BCUT2D eigenvalue weighted by atomic mass is 10.2. The fourth-order valence-corrected chi connectivity index (χ4v) is 3.24. The van der Waals surface area contributed by atoms with Crippen molar-refractivity contribution in [1.82, 2.24) is 24.7 Å². The second kappa shape index (κ2) is 7.26. The Hall–Kier alpha value is -3.49. The standard InChI is InChI=1S/C19H21N7O2/c1-3-13-8-17(27)24-18(22-13)12-4-5-16(20-9-12)23-15-6-7-26(19(15)28)14-10-21-25(2)11-14/h4-5,8-11,15H,3,6-7H2,1-2H3,(H,20,23)(H,22,24,27). The molecule has 1 aliphatic rings. The molecular weight excluding hydrogens is 358 g/mol. The average molecular weight is 379 g/mol. The van der Waals surface area contributed by atoms with Crippen molar-refractivity contribution in [2.24, 2.45) is 7.05 Å². The van der Waals surface area contributed by atoms with E-state index in [2.05, 4.69) is 25.4 Å². The Bertz CT molecular complexity index is 1050. The number of amides is 1. The van der Waals surface area contributed by atoms with Crippen LogP contribution in [0.2, 0.25) is 0 Å². The van der Waals surface area contributed by atoms with Gasteiger partial charge in [-0.15, -0.1) is 0 Å². The maximum absolute atomic E-state index is 12.7. The lowest BCUT2D eigenvalue weighted by Crippen LogP contribution is -2.33. The minimum absolute atomic E-state index is 0.000482. The highest BCUT2D eigenvalue weighted by molar-refractivity contribution is 6.00. The number of nitrogens with zero attached hydrogens (tertiary/aromatic N) is 5. The number of hydrogen-bond acceptors (Lipinski definition) is 6. The molecule has 0 bridgehead atoms. The first kappa shape index (κ1) is 17.9. The van der Waals surface area contributed by atoms with Crippen molar-refractivity contribution >= 4 is 17.4 Å². The van der Waals surface area contributed by atoms with E-state index in [0.717, 1.165) is 11.4 Å². The summed E-state index contributed by atoms with van der Waals surface area (Å²) >= 11 is 0. The molecule has 144 valence electrons. The zero-order valence-electron chi connectivity index (χ0n) is 15.7. The Kier molecular flexibility index (Phi) is 4.64. The van der Waals surface area contributed by atoms with E-state index in [-0.39, 0.29) is 17.5 Å². The van der Waals surface area contributed by atoms with Crippen LogP contribution in [-0.2, 0) is 18.3 Å². The molecule has 0 aliphatic carbocycles. The van der Waals surface area contributed by atoms with Crippen molar-refractivity contribution in [1.29, 1.82) is 0 Å². The van der Waals surface area contributed by atoms with Crippen LogP contribution < -0.4 is 15.8 Å².